The molecule has 0 aliphatic heterocycles. The zero-order valence-electron chi connectivity index (χ0n) is 17.1. The lowest BCUT2D eigenvalue weighted by Crippen LogP contribution is -2.24. The Hall–Kier alpha value is -2.74. The van der Waals surface area contributed by atoms with Gasteiger partial charge in [0.2, 0.25) is 0 Å². The average molecular weight is 429 g/mol. The van der Waals surface area contributed by atoms with Gasteiger partial charge in [-0.15, -0.1) is 5.10 Å². The number of rotatable bonds is 10. The summed E-state index contributed by atoms with van der Waals surface area (Å²) < 4.78 is 12.4. The van der Waals surface area contributed by atoms with Gasteiger partial charge in [-0.3, -0.25) is 4.79 Å². The first-order valence-corrected chi connectivity index (χ1v) is 10.2. The molecular formula is C22H25ClN4O3. The van der Waals surface area contributed by atoms with Crippen molar-refractivity contribution in [1.82, 2.24) is 20.3 Å². The Kier molecular flexibility index (Phi) is 7.96. The maximum atomic E-state index is 12.6. The van der Waals surface area contributed by atoms with Gasteiger partial charge in [-0.05, 0) is 37.1 Å². The molecule has 1 amide bonds. The second kappa shape index (κ2) is 10.9. The molecule has 0 atom stereocenters. The first-order chi connectivity index (χ1) is 14.6. The normalized spacial score (nSPS) is 10.9. The van der Waals surface area contributed by atoms with E-state index in [4.69, 9.17) is 21.1 Å². The largest absolute Gasteiger partial charge is 0.379 e. The van der Waals surface area contributed by atoms with Crippen LogP contribution in [-0.4, -0.2) is 40.7 Å². The number of para-hydroxylation sites is 1. The summed E-state index contributed by atoms with van der Waals surface area (Å²) in [4.78, 5) is 12.6. The fraction of sp³-hybridized carbons (Fsp3) is 0.318. The van der Waals surface area contributed by atoms with Gasteiger partial charge in [0, 0.05) is 13.2 Å². The Balaban J connectivity index is 1.59. The Morgan fingerprint density at radius 1 is 1.10 bits per heavy atom. The minimum Gasteiger partial charge on any atom is -0.379 e. The molecule has 30 heavy (non-hydrogen) atoms. The Labute approximate surface area is 181 Å². The van der Waals surface area contributed by atoms with E-state index in [0.29, 0.717) is 49.4 Å². The van der Waals surface area contributed by atoms with Crippen molar-refractivity contribution in [2.24, 2.45) is 0 Å². The molecule has 0 radical (unpaired) electrons. The summed E-state index contributed by atoms with van der Waals surface area (Å²) in [7, 11) is 0. The fourth-order valence-electron chi connectivity index (χ4n) is 2.94. The molecular weight excluding hydrogens is 404 g/mol. The van der Waals surface area contributed by atoms with Crippen molar-refractivity contribution in [3.05, 3.63) is 76.1 Å². The van der Waals surface area contributed by atoms with Gasteiger partial charge < -0.3 is 14.8 Å². The first kappa shape index (κ1) is 22.0. The van der Waals surface area contributed by atoms with Gasteiger partial charge >= 0.3 is 0 Å². The van der Waals surface area contributed by atoms with Crippen LogP contribution < -0.4 is 5.32 Å². The molecule has 8 heteroatoms. The van der Waals surface area contributed by atoms with Gasteiger partial charge in [0.15, 0.2) is 5.69 Å². The van der Waals surface area contributed by atoms with Crippen molar-refractivity contribution >= 4 is 17.5 Å². The summed E-state index contributed by atoms with van der Waals surface area (Å²) in [5, 5.41) is 11.6. The van der Waals surface area contributed by atoms with Crippen molar-refractivity contribution in [3.63, 3.8) is 0 Å². The Bertz CT molecular complexity index is 990. The molecule has 158 valence electrons. The number of carbonyl (C=O) groups is 1. The number of hydrogen-bond acceptors (Lipinski definition) is 5. The number of nitrogens with zero attached hydrogens (tertiary/aromatic N) is 3. The Morgan fingerprint density at radius 2 is 1.87 bits per heavy atom. The van der Waals surface area contributed by atoms with Gasteiger partial charge in [-0.25, -0.2) is 4.68 Å². The SMILES string of the molecule is CCOCCOCc1cccc(CNC(=O)c2nnn(-c3ccccc3Cl)c2C)c1. The van der Waals surface area contributed by atoms with Gasteiger partial charge in [0.1, 0.15) is 0 Å². The number of amides is 1. The third kappa shape index (κ3) is 5.66. The van der Waals surface area contributed by atoms with E-state index in [1.807, 2.05) is 49.4 Å². The zero-order valence-corrected chi connectivity index (χ0v) is 17.9. The summed E-state index contributed by atoms with van der Waals surface area (Å²) in [6, 6.07) is 15.2. The number of halogens is 1. The van der Waals surface area contributed by atoms with E-state index in [-0.39, 0.29) is 11.6 Å². The van der Waals surface area contributed by atoms with E-state index >= 15 is 0 Å². The van der Waals surface area contributed by atoms with Crippen LogP contribution in [0.1, 0.15) is 34.2 Å². The maximum absolute atomic E-state index is 12.6. The number of benzene rings is 2. The highest BCUT2D eigenvalue weighted by molar-refractivity contribution is 6.32. The van der Waals surface area contributed by atoms with Crippen LogP contribution in [0.25, 0.3) is 5.69 Å². The van der Waals surface area contributed by atoms with E-state index in [1.165, 1.54) is 0 Å². The minimum atomic E-state index is -0.288. The van der Waals surface area contributed by atoms with E-state index in [0.717, 1.165) is 11.1 Å². The lowest BCUT2D eigenvalue weighted by atomic mass is 10.1. The Morgan fingerprint density at radius 3 is 2.67 bits per heavy atom. The standard InChI is InChI=1S/C22H25ClN4O3/c1-3-29-11-12-30-15-18-8-6-7-17(13-18)14-24-22(28)21-16(2)27(26-25-21)20-10-5-4-9-19(20)23/h4-10,13H,3,11-12,14-15H2,1-2H3,(H,24,28). The summed E-state index contributed by atoms with van der Waals surface area (Å²) in [6.45, 7) is 6.44. The molecule has 3 aromatic rings. The second-order valence-electron chi connectivity index (χ2n) is 6.64. The van der Waals surface area contributed by atoms with Crippen LogP contribution in [0.3, 0.4) is 0 Å². The van der Waals surface area contributed by atoms with Crippen molar-refractivity contribution in [2.45, 2.75) is 27.0 Å². The van der Waals surface area contributed by atoms with Crippen LogP contribution in [0, 0.1) is 6.92 Å². The van der Waals surface area contributed by atoms with Crippen LogP contribution in [-0.2, 0) is 22.6 Å². The van der Waals surface area contributed by atoms with Crippen LogP contribution in [0.4, 0.5) is 0 Å². The molecule has 0 unspecified atom stereocenters. The molecule has 2 aromatic carbocycles. The molecule has 7 nitrogen and oxygen atoms in total. The minimum absolute atomic E-state index is 0.269. The smallest absolute Gasteiger partial charge is 0.274 e. The third-order valence-electron chi connectivity index (χ3n) is 4.48. The maximum Gasteiger partial charge on any atom is 0.274 e. The lowest BCUT2D eigenvalue weighted by Gasteiger charge is -2.08. The molecule has 0 aliphatic carbocycles. The molecule has 0 saturated heterocycles. The summed E-state index contributed by atoms with van der Waals surface area (Å²) in [5.41, 5.74) is 3.59. The van der Waals surface area contributed by atoms with E-state index in [2.05, 4.69) is 15.6 Å². The van der Waals surface area contributed by atoms with E-state index < -0.39 is 0 Å². The lowest BCUT2D eigenvalue weighted by molar-refractivity contribution is 0.0453. The topological polar surface area (TPSA) is 78.3 Å². The van der Waals surface area contributed by atoms with Gasteiger partial charge in [0.25, 0.3) is 5.91 Å². The van der Waals surface area contributed by atoms with E-state index in [1.54, 1.807) is 17.7 Å². The monoisotopic (exact) mass is 428 g/mol. The number of hydrogen-bond donors (Lipinski definition) is 1. The van der Waals surface area contributed by atoms with E-state index in [9.17, 15) is 4.79 Å². The highest BCUT2D eigenvalue weighted by Gasteiger charge is 2.18. The quantitative estimate of drug-likeness (QED) is 0.498. The second-order valence-corrected chi connectivity index (χ2v) is 7.05. The predicted molar refractivity (Wildman–Crippen MR) is 115 cm³/mol. The first-order valence-electron chi connectivity index (χ1n) is 9.79. The van der Waals surface area contributed by atoms with Gasteiger partial charge in [-0.1, -0.05) is 53.2 Å². The summed E-state index contributed by atoms with van der Waals surface area (Å²) >= 11 is 6.23. The van der Waals surface area contributed by atoms with Gasteiger partial charge in [0.05, 0.1) is 36.2 Å². The molecule has 1 aromatic heterocycles. The molecule has 0 bridgehead atoms. The average Bonchev–Trinajstić information content (AvgIpc) is 3.14. The van der Waals surface area contributed by atoms with Crippen molar-refractivity contribution in [3.8, 4) is 5.69 Å². The van der Waals surface area contributed by atoms with Crippen molar-refractivity contribution in [2.75, 3.05) is 19.8 Å². The highest BCUT2D eigenvalue weighted by Crippen LogP contribution is 2.21. The van der Waals surface area contributed by atoms with Crippen molar-refractivity contribution in [1.29, 1.82) is 0 Å². The third-order valence-corrected chi connectivity index (χ3v) is 4.80. The molecule has 0 saturated carbocycles. The predicted octanol–water partition coefficient (Wildman–Crippen LogP) is 3.71. The number of carbonyl (C=O) groups excluding carboxylic acids is 1. The molecule has 0 fully saturated rings. The summed E-state index contributed by atoms with van der Waals surface area (Å²) in [5.74, 6) is -0.288. The highest BCUT2D eigenvalue weighted by atomic mass is 35.5. The van der Waals surface area contributed by atoms with Crippen molar-refractivity contribution < 1.29 is 14.3 Å². The molecule has 0 aliphatic rings. The number of aromatic nitrogens is 3. The fourth-order valence-corrected chi connectivity index (χ4v) is 3.15. The molecule has 1 N–H and O–H groups in total. The van der Waals surface area contributed by atoms with Gasteiger partial charge in [-0.2, -0.15) is 0 Å². The summed E-state index contributed by atoms with van der Waals surface area (Å²) in [6.07, 6.45) is 0. The van der Waals surface area contributed by atoms with Crippen LogP contribution >= 0.6 is 11.6 Å². The zero-order chi connectivity index (χ0) is 21.3. The number of nitrogens with one attached hydrogen (secondary N) is 1. The molecule has 0 spiro atoms. The number of ether oxygens (including phenoxy) is 2. The molecule has 1 heterocycles. The van der Waals surface area contributed by atoms with Crippen LogP contribution in [0.5, 0.6) is 0 Å². The van der Waals surface area contributed by atoms with Crippen LogP contribution in [0.15, 0.2) is 48.5 Å². The van der Waals surface area contributed by atoms with Crippen LogP contribution in [0.2, 0.25) is 5.02 Å². The molecule has 3 rings (SSSR count).